The zero-order valence-electron chi connectivity index (χ0n) is 11.5. The Hall–Kier alpha value is -1.46. The summed E-state index contributed by atoms with van der Waals surface area (Å²) in [6, 6.07) is 1.30. The Labute approximate surface area is 112 Å². The third-order valence-corrected chi connectivity index (χ3v) is 2.80. The van der Waals surface area contributed by atoms with Crippen molar-refractivity contribution < 1.29 is 13.6 Å². The van der Waals surface area contributed by atoms with Gasteiger partial charge in [-0.15, -0.1) is 0 Å². The maximum Gasteiger partial charge on any atom is 0.280 e. The molecule has 1 aromatic heterocycles. The highest BCUT2D eigenvalue weighted by Crippen LogP contribution is 2.19. The molecule has 0 aromatic carbocycles. The Morgan fingerprint density at radius 1 is 1.42 bits per heavy atom. The monoisotopic (exact) mass is 273 g/mol. The van der Waals surface area contributed by atoms with E-state index in [-0.39, 0.29) is 18.1 Å². The van der Waals surface area contributed by atoms with Gasteiger partial charge in [-0.25, -0.2) is 8.78 Å². The number of amides is 1. The van der Waals surface area contributed by atoms with Crippen molar-refractivity contribution in [2.45, 2.75) is 52.5 Å². The van der Waals surface area contributed by atoms with Crippen molar-refractivity contribution in [3.63, 3.8) is 0 Å². The average Bonchev–Trinajstić information content (AvgIpc) is 2.70. The molecular weight excluding hydrogens is 252 g/mol. The van der Waals surface area contributed by atoms with Crippen LogP contribution in [0.25, 0.3) is 0 Å². The first-order chi connectivity index (χ1) is 9.04. The summed E-state index contributed by atoms with van der Waals surface area (Å²) in [6.45, 7) is 4.18. The predicted octanol–water partition coefficient (Wildman–Crippen LogP) is 2.83. The van der Waals surface area contributed by atoms with Crippen molar-refractivity contribution in [1.82, 2.24) is 15.1 Å². The van der Waals surface area contributed by atoms with E-state index in [2.05, 4.69) is 17.3 Å². The summed E-state index contributed by atoms with van der Waals surface area (Å²) in [4.78, 5) is 11.6. The molecule has 6 heteroatoms. The van der Waals surface area contributed by atoms with Crippen molar-refractivity contribution in [2.75, 3.05) is 6.54 Å². The first kappa shape index (κ1) is 15.6. The summed E-state index contributed by atoms with van der Waals surface area (Å²) in [6.07, 6.45) is 1.65. The number of nitrogens with zero attached hydrogens (tertiary/aromatic N) is 2. The van der Waals surface area contributed by atoms with Gasteiger partial charge in [0.25, 0.3) is 6.43 Å². The minimum Gasteiger partial charge on any atom is -0.354 e. The number of aromatic nitrogens is 2. The van der Waals surface area contributed by atoms with Gasteiger partial charge >= 0.3 is 0 Å². The summed E-state index contributed by atoms with van der Waals surface area (Å²) in [5.41, 5.74) is 0.282. The fourth-order valence-electron chi connectivity index (χ4n) is 1.84. The molecule has 1 amide bonds. The molecule has 0 spiro atoms. The van der Waals surface area contributed by atoms with Gasteiger partial charge in [0.2, 0.25) is 5.91 Å². The first-order valence-electron chi connectivity index (χ1n) is 6.63. The maximum absolute atomic E-state index is 12.7. The largest absolute Gasteiger partial charge is 0.354 e. The van der Waals surface area contributed by atoms with E-state index in [4.69, 9.17) is 0 Å². The molecule has 0 aliphatic carbocycles. The molecule has 0 saturated heterocycles. The smallest absolute Gasteiger partial charge is 0.280 e. The van der Waals surface area contributed by atoms with E-state index in [0.29, 0.717) is 12.2 Å². The Morgan fingerprint density at radius 3 is 2.79 bits per heavy atom. The Kier molecular flexibility index (Phi) is 6.45. The summed E-state index contributed by atoms with van der Waals surface area (Å²) in [7, 11) is 0. The Morgan fingerprint density at radius 2 is 2.16 bits per heavy atom. The van der Waals surface area contributed by atoms with E-state index in [1.807, 2.05) is 0 Å². The lowest BCUT2D eigenvalue weighted by atomic mass is 10.2. The normalized spacial score (nSPS) is 11.0. The van der Waals surface area contributed by atoms with Crippen molar-refractivity contribution >= 4 is 5.91 Å². The highest BCUT2D eigenvalue weighted by atomic mass is 19.3. The fraction of sp³-hybridized carbons (Fsp3) is 0.692. The van der Waals surface area contributed by atoms with Crippen LogP contribution < -0.4 is 5.32 Å². The van der Waals surface area contributed by atoms with Gasteiger partial charge in [0.05, 0.1) is 5.69 Å². The first-order valence-corrected chi connectivity index (χ1v) is 6.63. The summed E-state index contributed by atoms with van der Waals surface area (Å²) in [5.74, 6) is -0.276. The van der Waals surface area contributed by atoms with Crippen molar-refractivity contribution in [3.8, 4) is 0 Å². The topological polar surface area (TPSA) is 46.9 Å². The zero-order valence-corrected chi connectivity index (χ0v) is 11.5. The summed E-state index contributed by atoms with van der Waals surface area (Å²) >= 11 is 0. The van der Waals surface area contributed by atoms with Gasteiger partial charge in [-0.2, -0.15) is 5.10 Å². The highest BCUT2D eigenvalue weighted by molar-refractivity contribution is 5.75. The summed E-state index contributed by atoms with van der Waals surface area (Å²) in [5, 5.41) is 6.63. The van der Waals surface area contributed by atoms with Crippen LogP contribution in [-0.2, 0) is 11.3 Å². The predicted molar refractivity (Wildman–Crippen MR) is 69.1 cm³/mol. The lowest BCUT2D eigenvalue weighted by Crippen LogP contribution is -2.29. The molecule has 0 atom stereocenters. The molecule has 1 rings (SSSR count). The van der Waals surface area contributed by atoms with E-state index in [0.717, 1.165) is 30.4 Å². The molecule has 1 heterocycles. The van der Waals surface area contributed by atoms with Gasteiger partial charge in [0.1, 0.15) is 12.2 Å². The fourth-order valence-corrected chi connectivity index (χ4v) is 1.84. The lowest BCUT2D eigenvalue weighted by Gasteiger charge is -2.07. The van der Waals surface area contributed by atoms with Gasteiger partial charge in [-0.3, -0.25) is 9.48 Å². The maximum atomic E-state index is 12.7. The van der Waals surface area contributed by atoms with Gasteiger partial charge < -0.3 is 5.32 Å². The van der Waals surface area contributed by atoms with Crippen molar-refractivity contribution in [3.05, 3.63) is 17.5 Å². The van der Waals surface area contributed by atoms with Crippen LogP contribution in [0.1, 0.15) is 50.4 Å². The second-order valence-corrected chi connectivity index (χ2v) is 4.58. The molecule has 4 nitrogen and oxygen atoms in total. The SMILES string of the molecule is CCCCCCNC(=O)Cn1nc(C)cc1C(F)F. The van der Waals surface area contributed by atoms with Gasteiger partial charge in [0.15, 0.2) is 0 Å². The van der Waals surface area contributed by atoms with Crippen LogP contribution in [0.3, 0.4) is 0 Å². The highest BCUT2D eigenvalue weighted by Gasteiger charge is 2.16. The zero-order chi connectivity index (χ0) is 14.3. The van der Waals surface area contributed by atoms with Crippen LogP contribution in [0.5, 0.6) is 0 Å². The molecule has 0 aliphatic heterocycles. The number of unbranched alkanes of at least 4 members (excludes halogenated alkanes) is 3. The van der Waals surface area contributed by atoms with E-state index < -0.39 is 6.43 Å². The molecule has 108 valence electrons. The third kappa shape index (κ3) is 5.36. The van der Waals surface area contributed by atoms with E-state index in [1.54, 1.807) is 6.92 Å². The molecule has 0 radical (unpaired) electrons. The van der Waals surface area contributed by atoms with E-state index >= 15 is 0 Å². The number of carbonyl (C=O) groups excluding carboxylic acids is 1. The molecule has 1 aromatic rings. The second kappa shape index (κ2) is 7.86. The lowest BCUT2D eigenvalue weighted by molar-refractivity contribution is -0.121. The van der Waals surface area contributed by atoms with E-state index in [9.17, 15) is 13.6 Å². The van der Waals surface area contributed by atoms with Crippen molar-refractivity contribution in [1.29, 1.82) is 0 Å². The number of nitrogens with one attached hydrogen (secondary N) is 1. The standard InChI is InChI=1S/C13H21F2N3O/c1-3-4-5-6-7-16-12(19)9-18-11(13(14)15)8-10(2)17-18/h8,13H,3-7,9H2,1-2H3,(H,16,19). The van der Waals surface area contributed by atoms with Crippen LogP contribution in [0.2, 0.25) is 0 Å². The quantitative estimate of drug-likeness (QED) is 0.740. The number of rotatable bonds is 8. The number of hydrogen-bond donors (Lipinski definition) is 1. The van der Waals surface area contributed by atoms with Crippen LogP contribution in [0.4, 0.5) is 8.78 Å². The number of aryl methyl sites for hydroxylation is 1. The number of halogens is 2. The second-order valence-electron chi connectivity index (χ2n) is 4.58. The van der Waals surface area contributed by atoms with Crippen LogP contribution in [0.15, 0.2) is 6.07 Å². The Bertz CT molecular complexity index is 405. The van der Waals surface area contributed by atoms with Crippen molar-refractivity contribution in [2.24, 2.45) is 0 Å². The van der Waals surface area contributed by atoms with Crippen LogP contribution in [0, 0.1) is 6.92 Å². The van der Waals surface area contributed by atoms with Gasteiger partial charge in [-0.05, 0) is 19.4 Å². The number of alkyl halides is 2. The number of hydrogen-bond acceptors (Lipinski definition) is 2. The molecule has 0 unspecified atom stereocenters. The molecule has 0 fully saturated rings. The molecule has 0 bridgehead atoms. The molecule has 19 heavy (non-hydrogen) atoms. The minimum absolute atomic E-state index is 0.151. The van der Waals surface area contributed by atoms with Gasteiger partial charge in [-0.1, -0.05) is 26.2 Å². The Balaban J connectivity index is 2.40. The van der Waals surface area contributed by atoms with E-state index in [1.165, 1.54) is 6.07 Å². The molecule has 0 saturated carbocycles. The number of carbonyl (C=O) groups is 1. The molecule has 0 aliphatic rings. The minimum atomic E-state index is -2.61. The third-order valence-electron chi connectivity index (χ3n) is 2.80. The summed E-state index contributed by atoms with van der Waals surface area (Å²) < 4.78 is 26.5. The van der Waals surface area contributed by atoms with Gasteiger partial charge in [0, 0.05) is 6.54 Å². The average molecular weight is 273 g/mol. The van der Waals surface area contributed by atoms with Crippen LogP contribution >= 0.6 is 0 Å². The molecule has 1 N–H and O–H groups in total. The molecular formula is C13H21F2N3O. The van der Waals surface area contributed by atoms with Crippen LogP contribution in [-0.4, -0.2) is 22.2 Å².